The number of ether oxygens (including phenoxy) is 1. The van der Waals surface area contributed by atoms with Gasteiger partial charge >= 0.3 is 12.0 Å². The van der Waals surface area contributed by atoms with E-state index in [0.29, 0.717) is 29.5 Å². The van der Waals surface area contributed by atoms with Crippen molar-refractivity contribution in [2.24, 2.45) is 0 Å². The van der Waals surface area contributed by atoms with Crippen LogP contribution in [-0.4, -0.2) is 41.2 Å². The van der Waals surface area contributed by atoms with Gasteiger partial charge in [0.1, 0.15) is 0 Å². The maximum absolute atomic E-state index is 12.9. The molecule has 164 valence electrons. The van der Waals surface area contributed by atoms with Crippen LogP contribution in [0.25, 0.3) is 0 Å². The summed E-state index contributed by atoms with van der Waals surface area (Å²) >= 11 is 5.50. The SMILES string of the molecule is CCCCNC(=O)Nc1ccc(C2NC(=S)N(CC)C(C)=C2C(=O)OC(C)C)cc1. The summed E-state index contributed by atoms with van der Waals surface area (Å²) in [7, 11) is 0. The Hall–Kier alpha value is -2.61. The van der Waals surface area contributed by atoms with Gasteiger partial charge in [-0.15, -0.1) is 0 Å². The first-order valence-corrected chi connectivity index (χ1v) is 10.8. The number of nitrogens with one attached hydrogen (secondary N) is 3. The van der Waals surface area contributed by atoms with Crippen molar-refractivity contribution in [2.75, 3.05) is 18.4 Å². The van der Waals surface area contributed by atoms with E-state index >= 15 is 0 Å². The van der Waals surface area contributed by atoms with Crippen molar-refractivity contribution in [3.8, 4) is 0 Å². The van der Waals surface area contributed by atoms with Crippen LogP contribution in [0.5, 0.6) is 0 Å². The summed E-state index contributed by atoms with van der Waals surface area (Å²) in [4.78, 5) is 26.7. The van der Waals surface area contributed by atoms with E-state index in [1.807, 2.05) is 56.9 Å². The fourth-order valence-electron chi connectivity index (χ4n) is 3.27. The van der Waals surface area contributed by atoms with Crippen LogP contribution in [0.1, 0.15) is 59.1 Å². The Morgan fingerprint density at radius 1 is 1.23 bits per heavy atom. The zero-order valence-electron chi connectivity index (χ0n) is 18.4. The third-order valence-electron chi connectivity index (χ3n) is 4.79. The molecule has 1 aromatic carbocycles. The predicted molar refractivity (Wildman–Crippen MR) is 123 cm³/mol. The van der Waals surface area contributed by atoms with Gasteiger partial charge in [0.2, 0.25) is 0 Å². The van der Waals surface area contributed by atoms with Crippen LogP contribution in [0.15, 0.2) is 35.5 Å². The molecule has 0 spiro atoms. The number of rotatable bonds is 8. The molecule has 30 heavy (non-hydrogen) atoms. The monoisotopic (exact) mass is 432 g/mol. The Kier molecular flexibility index (Phi) is 8.65. The summed E-state index contributed by atoms with van der Waals surface area (Å²) in [5.41, 5.74) is 2.86. The highest BCUT2D eigenvalue weighted by Crippen LogP contribution is 2.32. The summed E-state index contributed by atoms with van der Waals surface area (Å²) in [5, 5.41) is 9.47. The quantitative estimate of drug-likeness (QED) is 0.326. The van der Waals surface area contributed by atoms with Gasteiger partial charge < -0.3 is 25.6 Å². The molecule has 0 aliphatic carbocycles. The standard InChI is InChI=1S/C22H32N4O3S/c1-6-8-13-23-21(28)24-17-11-9-16(10-12-17)19-18(20(27)29-14(3)4)15(5)26(7-2)22(30)25-19/h9-12,14,19H,6-8,13H2,1-5H3,(H,25,30)(H2,23,24,28). The number of nitrogens with zero attached hydrogens (tertiary/aromatic N) is 1. The van der Waals surface area contributed by atoms with E-state index in [4.69, 9.17) is 17.0 Å². The number of esters is 1. The molecule has 3 N–H and O–H groups in total. The average molecular weight is 433 g/mol. The zero-order chi connectivity index (χ0) is 22.3. The molecule has 1 aliphatic heterocycles. The summed E-state index contributed by atoms with van der Waals surface area (Å²) in [6.07, 6.45) is 1.74. The Labute approximate surface area is 184 Å². The van der Waals surface area contributed by atoms with Gasteiger partial charge in [-0.2, -0.15) is 0 Å². The Bertz CT molecular complexity index is 805. The lowest BCUT2D eigenvalue weighted by molar-refractivity contribution is -0.143. The second-order valence-corrected chi connectivity index (χ2v) is 7.82. The number of anilines is 1. The smallest absolute Gasteiger partial charge is 0.338 e. The van der Waals surface area contributed by atoms with Crippen LogP contribution in [-0.2, 0) is 9.53 Å². The number of carbonyl (C=O) groups excluding carboxylic acids is 2. The van der Waals surface area contributed by atoms with Crippen molar-refractivity contribution in [3.63, 3.8) is 0 Å². The summed E-state index contributed by atoms with van der Waals surface area (Å²) < 4.78 is 5.49. The van der Waals surface area contributed by atoms with E-state index in [9.17, 15) is 9.59 Å². The van der Waals surface area contributed by atoms with Gasteiger partial charge in [-0.05, 0) is 64.0 Å². The maximum atomic E-state index is 12.9. The molecule has 0 aromatic heterocycles. The lowest BCUT2D eigenvalue weighted by Crippen LogP contribution is -2.47. The van der Waals surface area contributed by atoms with Gasteiger partial charge in [0.25, 0.3) is 0 Å². The molecule has 0 bridgehead atoms. The van der Waals surface area contributed by atoms with Gasteiger partial charge in [-0.1, -0.05) is 25.5 Å². The molecular weight excluding hydrogens is 400 g/mol. The summed E-state index contributed by atoms with van der Waals surface area (Å²) in [5.74, 6) is -0.363. The van der Waals surface area contributed by atoms with E-state index in [-0.39, 0.29) is 18.1 Å². The largest absolute Gasteiger partial charge is 0.459 e. The highest BCUT2D eigenvalue weighted by atomic mass is 32.1. The van der Waals surface area contributed by atoms with Gasteiger partial charge in [-0.3, -0.25) is 0 Å². The van der Waals surface area contributed by atoms with E-state index in [2.05, 4.69) is 22.9 Å². The molecule has 0 saturated heterocycles. The molecule has 7 nitrogen and oxygen atoms in total. The lowest BCUT2D eigenvalue weighted by atomic mass is 9.94. The molecule has 1 aromatic rings. The average Bonchev–Trinajstić information content (AvgIpc) is 2.68. The van der Waals surface area contributed by atoms with E-state index in [0.717, 1.165) is 24.1 Å². The lowest BCUT2D eigenvalue weighted by Gasteiger charge is -2.37. The Morgan fingerprint density at radius 3 is 2.47 bits per heavy atom. The second kappa shape index (κ2) is 11.0. The Morgan fingerprint density at radius 2 is 1.90 bits per heavy atom. The van der Waals surface area contributed by atoms with Crippen molar-refractivity contribution < 1.29 is 14.3 Å². The normalized spacial score (nSPS) is 16.4. The van der Waals surface area contributed by atoms with Gasteiger partial charge in [0.15, 0.2) is 5.11 Å². The number of unbranched alkanes of at least 4 members (excludes halogenated alkanes) is 1. The highest BCUT2D eigenvalue weighted by Gasteiger charge is 2.34. The van der Waals surface area contributed by atoms with Crippen LogP contribution >= 0.6 is 12.2 Å². The van der Waals surface area contributed by atoms with Crippen molar-refractivity contribution in [1.29, 1.82) is 0 Å². The first kappa shape index (κ1) is 23.7. The molecule has 0 fully saturated rings. The fourth-order valence-corrected chi connectivity index (χ4v) is 3.65. The number of amides is 2. The van der Waals surface area contributed by atoms with Gasteiger partial charge in [0, 0.05) is 24.5 Å². The molecule has 1 aliphatic rings. The summed E-state index contributed by atoms with van der Waals surface area (Å²) in [6.45, 7) is 10.9. The van der Waals surface area contributed by atoms with Crippen LogP contribution in [0.2, 0.25) is 0 Å². The molecule has 1 heterocycles. The number of allylic oxidation sites excluding steroid dienone is 1. The number of hydrogen-bond donors (Lipinski definition) is 3. The minimum absolute atomic E-state index is 0.222. The fraction of sp³-hybridized carbons (Fsp3) is 0.500. The number of benzene rings is 1. The third kappa shape index (κ3) is 5.95. The summed E-state index contributed by atoms with van der Waals surface area (Å²) in [6, 6.07) is 6.72. The molecule has 1 atom stereocenters. The van der Waals surface area contributed by atoms with Gasteiger partial charge in [-0.25, -0.2) is 9.59 Å². The number of hydrogen-bond acceptors (Lipinski definition) is 4. The molecule has 2 rings (SSSR count). The molecule has 0 saturated carbocycles. The second-order valence-electron chi connectivity index (χ2n) is 7.44. The van der Waals surface area contributed by atoms with Crippen LogP contribution in [0, 0.1) is 0 Å². The number of carbonyl (C=O) groups is 2. The van der Waals surface area contributed by atoms with E-state index < -0.39 is 6.04 Å². The van der Waals surface area contributed by atoms with Crippen molar-refractivity contribution in [2.45, 2.75) is 59.6 Å². The van der Waals surface area contributed by atoms with Crippen LogP contribution in [0.3, 0.4) is 0 Å². The first-order chi connectivity index (χ1) is 14.3. The molecule has 2 amide bonds. The van der Waals surface area contributed by atoms with Crippen molar-refractivity contribution in [3.05, 3.63) is 41.1 Å². The first-order valence-electron chi connectivity index (χ1n) is 10.4. The topological polar surface area (TPSA) is 82.7 Å². The molecule has 8 heteroatoms. The Balaban J connectivity index is 2.24. The van der Waals surface area contributed by atoms with E-state index in [1.54, 1.807) is 0 Å². The maximum Gasteiger partial charge on any atom is 0.338 e. The van der Waals surface area contributed by atoms with Gasteiger partial charge in [0.05, 0.1) is 17.7 Å². The highest BCUT2D eigenvalue weighted by molar-refractivity contribution is 7.80. The minimum atomic E-state index is -0.418. The van der Waals surface area contributed by atoms with Crippen LogP contribution < -0.4 is 16.0 Å². The number of thiocarbonyl (C=S) groups is 1. The molecule has 1 unspecified atom stereocenters. The number of urea groups is 1. The van der Waals surface area contributed by atoms with E-state index in [1.165, 1.54) is 0 Å². The molecule has 0 radical (unpaired) electrons. The predicted octanol–water partition coefficient (Wildman–Crippen LogP) is 4.08. The third-order valence-corrected chi connectivity index (χ3v) is 5.13. The zero-order valence-corrected chi connectivity index (χ0v) is 19.2. The molecular formula is C22H32N4O3S. The minimum Gasteiger partial charge on any atom is -0.459 e. The van der Waals surface area contributed by atoms with Crippen molar-refractivity contribution >= 4 is 35.0 Å². The van der Waals surface area contributed by atoms with Crippen LogP contribution in [0.4, 0.5) is 10.5 Å². The van der Waals surface area contributed by atoms with Crippen molar-refractivity contribution in [1.82, 2.24) is 15.5 Å².